The largest absolute Gasteiger partial charge is 0.389 e. The van der Waals surface area contributed by atoms with Gasteiger partial charge in [0.15, 0.2) is 0 Å². The zero-order valence-corrected chi connectivity index (χ0v) is 16.3. The first-order valence-electron chi connectivity index (χ1n) is 9.87. The summed E-state index contributed by atoms with van der Waals surface area (Å²) in [6, 6.07) is 4.62. The number of allylic oxidation sites excluding steroid dienone is 1. The highest BCUT2D eigenvalue weighted by Crippen LogP contribution is 2.48. The number of fused-ring (bicyclic) bond motifs is 3. The van der Waals surface area contributed by atoms with Crippen molar-refractivity contribution in [3.05, 3.63) is 58.2 Å². The third-order valence-electron chi connectivity index (χ3n) is 6.65. The highest BCUT2D eigenvalue weighted by Gasteiger charge is 2.42. The molecule has 0 aromatic heterocycles. The van der Waals surface area contributed by atoms with Gasteiger partial charge >= 0.3 is 0 Å². The van der Waals surface area contributed by atoms with E-state index in [9.17, 15) is 10.2 Å². The van der Waals surface area contributed by atoms with Crippen LogP contribution in [0, 0.1) is 17.8 Å². The minimum atomic E-state index is -0.808. The summed E-state index contributed by atoms with van der Waals surface area (Å²) in [5.41, 5.74) is 7.73. The van der Waals surface area contributed by atoms with Crippen LogP contribution in [0.15, 0.2) is 35.9 Å². The molecule has 4 rings (SSSR count). The van der Waals surface area contributed by atoms with Crippen LogP contribution in [-0.2, 0) is 12.8 Å². The van der Waals surface area contributed by atoms with Gasteiger partial charge in [0.2, 0.25) is 0 Å². The molecule has 2 N–H and O–H groups in total. The van der Waals surface area contributed by atoms with Crippen molar-refractivity contribution in [2.45, 2.75) is 58.7 Å². The lowest BCUT2D eigenvalue weighted by molar-refractivity contribution is 0.0507. The number of hydrogen-bond donors (Lipinski definition) is 2. The second kappa shape index (κ2) is 5.94. The van der Waals surface area contributed by atoms with Crippen molar-refractivity contribution in [2.75, 3.05) is 0 Å². The first-order valence-corrected chi connectivity index (χ1v) is 9.87. The van der Waals surface area contributed by atoms with Crippen molar-refractivity contribution in [1.82, 2.24) is 0 Å². The summed E-state index contributed by atoms with van der Waals surface area (Å²) in [7, 11) is 0. The summed E-state index contributed by atoms with van der Waals surface area (Å²) in [5, 5.41) is 21.0. The highest BCUT2D eigenvalue weighted by atomic mass is 16.3. The third-order valence-corrected chi connectivity index (χ3v) is 6.65. The van der Waals surface area contributed by atoms with E-state index in [1.165, 1.54) is 33.4 Å². The molecule has 2 heteroatoms. The first kappa shape index (κ1) is 17.8. The molecule has 1 fully saturated rings. The molecule has 0 saturated heterocycles. The van der Waals surface area contributed by atoms with Gasteiger partial charge in [-0.1, -0.05) is 51.6 Å². The van der Waals surface area contributed by atoms with Gasteiger partial charge in [-0.05, 0) is 76.5 Å². The Morgan fingerprint density at radius 1 is 1.19 bits per heavy atom. The number of hydrogen-bond acceptors (Lipinski definition) is 2. The molecule has 0 spiro atoms. The van der Waals surface area contributed by atoms with Crippen LogP contribution in [-0.4, -0.2) is 21.9 Å². The molecule has 1 aromatic carbocycles. The molecule has 3 aliphatic rings. The summed E-state index contributed by atoms with van der Waals surface area (Å²) in [6.45, 7) is 12.8. The van der Waals surface area contributed by atoms with E-state index < -0.39 is 11.7 Å². The Morgan fingerprint density at radius 3 is 2.62 bits per heavy atom. The van der Waals surface area contributed by atoms with Crippen molar-refractivity contribution in [1.29, 1.82) is 0 Å². The zero-order valence-electron chi connectivity index (χ0n) is 16.3. The molecule has 0 radical (unpaired) electrons. The van der Waals surface area contributed by atoms with E-state index in [1.807, 2.05) is 13.0 Å². The number of rotatable bonds is 1. The molecule has 1 saturated carbocycles. The molecule has 2 nitrogen and oxygen atoms in total. The fourth-order valence-electron chi connectivity index (χ4n) is 5.19. The molecule has 4 atom stereocenters. The minimum Gasteiger partial charge on any atom is -0.389 e. The van der Waals surface area contributed by atoms with Crippen LogP contribution >= 0.6 is 0 Å². The maximum atomic E-state index is 10.7. The van der Waals surface area contributed by atoms with Gasteiger partial charge in [-0.25, -0.2) is 0 Å². The average Bonchev–Trinajstić information content (AvgIpc) is 2.55. The molecule has 3 unspecified atom stereocenters. The molecule has 0 aliphatic heterocycles. The van der Waals surface area contributed by atoms with Gasteiger partial charge in [-0.3, -0.25) is 0 Å². The van der Waals surface area contributed by atoms with Gasteiger partial charge in [0.25, 0.3) is 0 Å². The Bertz CT molecular complexity index is 838. The van der Waals surface area contributed by atoms with Gasteiger partial charge in [-0.2, -0.15) is 0 Å². The standard InChI is InChI=1S/C24H30O2/c1-13(2)20-11-19(25)7-18-6-16-9-22-15(4)24(5,26)12-14(3)21(22)8-17(16)10-23(18)20/h6,9-11,13-14,19,21,25-26H,4,7-8,12H2,1-3,5H3/t14-,19?,21?,24?/m0/s1. The van der Waals surface area contributed by atoms with Crippen LogP contribution in [0.5, 0.6) is 0 Å². The maximum absolute atomic E-state index is 10.7. The monoisotopic (exact) mass is 350 g/mol. The number of aliphatic hydroxyl groups excluding tert-OH is 1. The molecular weight excluding hydrogens is 320 g/mol. The fourth-order valence-corrected chi connectivity index (χ4v) is 5.19. The Balaban J connectivity index is 1.83. The SMILES string of the molecule is C=C1C2=Cc3cc4c(cc3CC2[C@@H](C)CC1(C)O)C(C(C)C)=CC(O)C4. The summed E-state index contributed by atoms with van der Waals surface area (Å²) >= 11 is 0. The van der Waals surface area contributed by atoms with E-state index in [4.69, 9.17) is 0 Å². The Kier molecular flexibility index (Phi) is 4.05. The third kappa shape index (κ3) is 2.71. The molecule has 1 aromatic rings. The lowest BCUT2D eigenvalue weighted by Gasteiger charge is -2.44. The van der Waals surface area contributed by atoms with Crippen LogP contribution in [0.4, 0.5) is 0 Å². The van der Waals surface area contributed by atoms with Crippen LogP contribution in [0.1, 0.15) is 56.4 Å². The van der Waals surface area contributed by atoms with Crippen LogP contribution in [0.3, 0.4) is 0 Å². The summed E-state index contributed by atoms with van der Waals surface area (Å²) in [6.07, 6.45) is 6.35. The smallest absolute Gasteiger partial charge is 0.0868 e. The van der Waals surface area contributed by atoms with Gasteiger partial charge in [0, 0.05) is 6.42 Å². The van der Waals surface area contributed by atoms with Crippen molar-refractivity contribution < 1.29 is 10.2 Å². The lowest BCUT2D eigenvalue weighted by atomic mass is 9.63. The number of aliphatic hydroxyl groups is 2. The summed E-state index contributed by atoms with van der Waals surface area (Å²) < 4.78 is 0. The van der Waals surface area contributed by atoms with Crippen molar-refractivity contribution >= 4 is 11.6 Å². The first-order chi connectivity index (χ1) is 12.2. The Labute approximate surface area is 157 Å². The van der Waals surface area contributed by atoms with E-state index in [0.717, 1.165) is 18.4 Å². The van der Waals surface area contributed by atoms with Crippen LogP contribution < -0.4 is 0 Å². The molecule has 0 bridgehead atoms. The molecule has 0 heterocycles. The molecule has 3 aliphatic carbocycles. The van der Waals surface area contributed by atoms with E-state index >= 15 is 0 Å². The van der Waals surface area contributed by atoms with Crippen LogP contribution in [0.2, 0.25) is 0 Å². The second-order valence-electron chi connectivity index (χ2n) is 9.10. The Hall–Kier alpha value is -1.64. The fraction of sp³-hybridized carbons (Fsp3) is 0.500. The van der Waals surface area contributed by atoms with E-state index in [-0.39, 0.29) is 0 Å². The van der Waals surface area contributed by atoms with E-state index in [0.29, 0.717) is 24.2 Å². The van der Waals surface area contributed by atoms with E-state index in [1.54, 1.807) is 0 Å². The summed E-state index contributed by atoms with van der Waals surface area (Å²) in [4.78, 5) is 0. The average molecular weight is 351 g/mol. The predicted octanol–water partition coefficient (Wildman–Crippen LogP) is 4.55. The summed E-state index contributed by atoms with van der Waals surface area (Å²) in [5.74, 6) is 1.28. The van der Waals surface area contributed by atoms with Gasteiger partial charge in [0.1, 0.15) is 0 Å². The molecule has 0 amide bonds. The van der Waals surface area contributed by atoms with Crippen molar-refractivity contribution in [3.63, 3.8) is 0 Å². The molecule has 26 heavy (non-hydrogen) atoms. The minimum absolute atomic E-state index is 0.396. The second-order valence-corrected chi connectivity index (χ2v) is 9.10. The van der Waals surface area contributed by atoms with Crippen LogP contribution in [0.25, 0.3) is 11.6 Å². The molecule has 138 valence electrons. The van der Waals surface area contributed by atoms with E-state index in [2.05, 4.69) is 45.6 Å². The Morgan fingerprint density at radius 2 is 1.92 bits per heavy atom. The normalized spacial score (nSPS) is 33.2. The van der Waals surface area contributed by atoms with Gasteiger partial charge < -0.3 is 10.2 Å². The van der Waals surface area contributed by atoms with Gasteiger partial charge in [0.05, 0.1) is 11.7 Å². The maximum Gasteiger partial charge on any atom is 0.0868 e. The van der Waals surface area contributed by atoms with Crippen molar-refractivity contribution in [3.8, 4) is 0 Å². The zero-order chi connectivity index (χ0) is 18.8. The predicted molar refractivity (Wildman–Crippen MR) is 108 cm³/mol. The topological polar surface area (TPSA) is 40.5 Å². The van der Waals surface area contributed by atoms with Crippen molar-refractivity contribution in [2.24, 2.45) is 17.8 Å². The quantitative estimate of drug-likeness (QED) is 0.780. The number of benzene rings is 1. The highest BCUT2D eigenvalue weighted by molar-refractivity contribution is 5.76. The van der Waals surface area contributed by atoms with Gasteiger partial charge in [-0.15, -0.1) is 0 Å². The lowest BCUT2D eigenvalue weighted by Crippen LogP contribution is -2.40. The molecular formula is C24H30O2.